The van der Waals surface area contributed by atoms with Gasteiger partial charge in [0.1, 0.15) is 11.3 Å². The Morgan fingerprint density at radius 3 is 2.85 bits per heavy atom. The summed E-state index contributed by atoms with van der Waals surface area (Å²) in [7, 11) is 2.13. The smallest absolute Gasteiger partial charge is 0.160 e. The second-order valence-electron chi connectivity index (χ2n) is 5.19. The molecule has 6 heteroatoms. The molecule has 0 aliphatic heterocycles. The minimum Gasteiger partial charge on any atom is -0.311 e. The number of alkyl halides is 1. The van der Waals surface area contributed by atoms with Gasteiger partial charge in [-0.2, -0.15) is 0 Å². The third-order valence-corrected chi connectivity index (χ3v) is 4.13. The number of pyridine rings is 1. The molecule has 0 aliphatic rings. The minimum atomic E-state index is 0.531. The molecular weight excluding hydrogens is 340 g/mol. The first-order chi connectivity index (χ1) is 9.52. The molecule has 110 valence electrons. The van der Waals surface area contributed by atoms with E-state index in [0.29, 0.717) is 11.9 Å². The second-order valence-corrected chi connectivity index (χ2v) is 6.48. The molecule has 0 unspecified atom stereocenters. The lowest BCUT2D eigenvalue weighted by molar-refractivity contribution is 0.263. The van der Waals surface area contributed by atoms with Crippen LogP contribution in [0.3, 0.4) is 0 Å². The third-order valence-electron chi connectivity index (χ3n) is 3.51. The van der Waals surface area contributed by atoms with Crippen LogP contribution in [0.5, 0.6) is 0 Å². The van der Waals surface area contributed by atoms with Crippen LogP contribution in [0.1, 0.15) is 19.7 Å². The van der Waals surface area contributed by atoms with E-state index in [-0.39, 0.29) is 0 Å². The molecule has 0 spiro atoms. The van der Waals surface area contributed by atoms with Crippen molar-refractivity contribution in [2.24, 2.45) is 0 Å². The minimum absolute atomic E-state index is 0.531. The van der Waals surface area contributed by atoms with E-state index in [1.54, 1.807) is 0 Å². The zero-order valence-electron chi connectivity index (χ0n) is 12.1. The quantitative estimate of drug-likeness (QED) is 0.742. The molecule has 0 atom stereocenters. The van der Waals surface area contributed by atoms with Gasteiger partial charge in [0.25, 0.3) is 0 Å². The van der Waals surface area contributed by atoms with E-state index < -0.39 is 0 Å². The van der Waals surface area contributed by atoms with Crippen molar-refractivity contribution < 1.29 is 0 Å². The molecule has 2 rings (SSSR count). The highest BCUT2D eigenvalue weighted by molar-refractivity contribution is 9.10. The Balaban J connectivity index is 2.31. The van der Waals surface area contributed by atoms with Crippen molar-refractivity contribution in [2.75, 3.05) is 19.5 Å². The number of hydrogen-bond acceptors (Lipinski definition) is 3. The molecule has 0 aromatic carbocycles. The molecule has 0 bridgehead atoms. The van der Waals surface area contributed by atoms with Crippen molar-refractivity contribution in [3.63, 3.8) is 0 Å². The second kappa shape index (κ2) is 6.87. The van der Waals surface area contributed by atoms with Gasteiger partial charge in [-0.05, 0) is 42.9 Å². The molecular formula is C14H20BrClN4. The summed E-state index contributed by atoms with van der Waals surface area (Å²) < 4.78 is 3.13. The van der Waals surface area contributed by atoms with E-state index in [2.05, 4.69) is 56.3 Å². The molecule has 2 aromatic rings. The lowest BCUT2D eigenvalue weighted by Gasteiger charge is -2.21. The number of nitrogens with zero attached hydrogens (tertiary/aromatic N) is 4. The van der Waals surface area contributed by atoms with E-state index in [1.807, 2.05) is 12.3 Å². The van der Waals surface area contributed by atoms with Gasteiger partial charge in [0.2, 0.25) is 0 Å². The summed E-state index contributed by atoms with van der Waals surface area (Å²) in [5.41, 5.74) is 1.86. The lowest BCUT2D eigenvalue weighted by Crippen LogP contribution is -2.30. The van der Waals surface area contributed by atoms with Gasteiger partial charge in [-0.3, -0.25) is 0 Å². The van der Waals surface area contributed by atoms with Gasteiger partial charge in [0.15, 0.2) is 5.65 Å². The summed E-state index contributed by atoms with van der Waals surface area (Å²) >= 11 is 9.33. The summed E-state index contributed by atoms with van der Waals surface area (Å²) in [5.74, 6) is 1.59. The Morgan fingerprint density at radius 1 is 1.45 bits per heavy atom. The Bertz CT molecular complexity index is 582. The lowest BCUT2D eigenvalue weighted by atomic mass is 10.3. The number of aryl methyl sites for hydroxylation is 1. The number of halogens is 2. The number of fused-ring (bicyclic) bond motifs is 1. The van der Waals surface area contributed by atoms with Crippen molar-refractivity contribution >= 4 is 38.7 Å². The van der Waals surface area contributed by atoms with Crippen molar-refractivity contribution in [3.8, 4) is 0 Å². The standard InChI is InChI=1S/C14H20BrClN4/c1-10(2)19(3)6-7-20-13(4-5-16)18-12-8-11(15)9-17-14(12)20/h8-10H,4-7H2,1-3H3. The van der Waals surface area contributed by atoms with Gasteiger partial charge in [0.05, 0.1) is 0 Å². The van der Waals surface area contributed by atoms with Gasteiger partial charge in [-0.25, -0.2) is 9.97 Å². The van der Waals surface area contributed by atoms with Gasteiger partial charge in [0, 0.05) is 42.1 Å². The Hall–Kier alpha value is -0.650. The highest BCUT2D eigenvalue weighted by Crippen LogP contribution is 2.19. The molecule has 0 amide bonds. The third kappa shape index (κ3) is 3.51. The van der Waals surface area contributed by atoms with E-state index in [9.17, 15) is 0 Å². The van der Waals surface area contributed by atoms with Gasteiger partial charge in [-0.1, -0.05) is 0 Å². The fraction of sp³-hybridized carbons (Fsp3) is 0.571. The van der Waals surface area contributed by atoms with Crippen molar-refractivity contribution in [1.29, 1.82) is 0 Å². The molecule has 2 heterocycles. The summed E-state index contributed by atoms with van der Waals surface area (Å²) in [6.07, 6.45) is 2.58. The van der Waals surface area contributed by atoms with E-state index >= 15 is 0 Å². The molecule has 2 aromatic heterocycles. The first-order valence-electron chi connectivity index (χ1n) is 6.79. The van der Waals surface area contributed by atoms with Crippen LogP contribution in [-0.2, 0) is 13.0 Å². The summed E-state index contributed by atoms with van der Waals surface area (Å²) in [4.78, 5) is 11.5. The molecule has 4 nitrogen and oxygen atoms in total. The van der Waals surface area contributed by atoms with E-state index in [4.69, 9.17) is 11.6 Å². The molecule has 0 saturated heterocycles. The molecule has 0 fully saturated rings. The van der Waals surface area contributed by atoms with Crippen LogP contribution in [0.15, 0.2) is 16.7 Å². The van der Waals surface area contributed by atoms with Crippen LogP contribution in [0, 0.1) is 0 Å². The average molecular weight is 360 g/mol. The number of hydrogen-bond donors (Lipinski definition) is 0. The number of imidazole rings is 1. The van der Waals surface area contributed by atoms with Crippen LogP contribution >= 0.6 is 27.5 Å². The molecule has 0 aliphatic carbocycles. The maximum Gasteiger partial charge on any atom is 0.160 e. The summed E-state index contributed by atoms with van der Waals surface area (Å²) in [6.45, 7) is 6.24. The highest BCUT2D eigenvalue weighted by Gasteiger charge is 2.13. The Labute approximate surface area is 133 Å². The average Bonchev–Trinajstić information content (AvgIpc) is 2.72. The normalized spacial score (nSPS) is 11.9. The Morgan fingerprint density at radius 2 is 2.20 bits per heavy atom. The monoisotopic (exact) mass is 358 g/mol. The van der Waals surface area contributed by atoms with Gasteiger partial charge in [-0.15, -0.1) is 11.6 Å². The molecule has 0 saturated carbocycles. The largest absolute Gasteiger partial charge is 0.311 e. The first kappa shape index (κ1) is 15.7. The number of aromatic nitrogens is 3. The Kier molecular flexibility index (Phi) is 5.41. The van der Waals surface area contributed by atoms with Gasteiger partial charge < -0.3 is 9.47 Å². The van der Waals surface area contributed by atoms with Crippen LogP contribution in [0.2, 0.25) is 0 Å². The summed E-state index contributed by atoms with van der Waals surface area (Å²) in [5, 5.41) is 0. The first-order valence-corrected chi connectivity index (χ1v) is 8.12. The summed E-state index contributed by atoms with van der Waals surface area (Å²) in [6, 6.07) is 2.53. The zero-order chi connectivity index (χ0) is 14.7. The number of likely N-dealkylation sites (N-methyl/N-ethyl adjacent to an activating group) is 1. The van der Waals surface area contributed by atoms with Gasteiger partial charge >= 0.3 is 0 Å². The highest BCUT2D eigenvalue weighted by atomic mass is 79.9. The van der Waals surface area contributed by atoms with Crippen LogP contribution in [0.4, 0.5) is 0 Å². The molecule has 0 radical (unpaired) electrons. The van der Waals surface area contributed by atoms with Crippen LogP contribution in [0.25, 0.3) is 11.2 Å². The van der Waals surface area contributed by atoms with Crippen LogP contribution in [-0.4, -0.2) is 44.9 Å². The predicted molar refractivity (Wildman–Crippen MR) is 87.4 cm³/mol. The van der Waals surface area contributed by atoms with E-state index in [0.717, 1.165) is 41.0 Å². The van der Waals surface area contributed by atoms with Crippen LogP contribution < -0.4 is 0 Å². The SMILES string of the molecule is CC(C)N(C)CCn1c(CCCl)nc2cc(Br)cnc21. The van der Waals surface area contributed by atoms with Crippen molar-refractivity contribution in [3.05, 3.63) is 22.6 Å². The zero-order valence-corrected chi connectivity index (χ0v) is 14.4. The molecule has 20 heavy (non-hydrogen) atoms. The predicted octanol–water partition coefficient (Wildman–Crippen LogP) is 3.32. The topological polar surface area (TPSA) is 34.0 Å². The van der Waals surface area contributed by atoms with Crippen molar-refractivity contribution in [1.82, 2.24) is 19.4 Å². The van der Waals surface area contributed by atoms with Crippen molar-refractivity contribution in [2.45, 2.75) is 32.9 Å². The number of rotatable bonds is 6. The maximum atomic E-state index is 5.89. The fourth-order valence-electron chi connectivity index (χ4n) is 2.06. The fourth-order valence-corrected chi connectivity index (χ4v) is 2.55. The van der Waals surface area contributed by atoms with E-state index in [1.165, 1.54) is 0 Å². The molecule has 0 N–H and O–H groups in total. The maximum absolute atomic E-state index is 5.89.